The predicted octanol–water partition coefficient (Wildman–Crippen LogP) is 0.995. The first-order valence-corrected chi connectivity index (χ1v) is 9.38. The maximum atomic E-state index is 5.42. The van der Waals surface area contributed by atoms with Crippen LogP contribution >= 0.6 is 24.0 Å². The van der Waals surface area contributed by atoms with Gasteiger partial charge in [-0.2, -0.15) is 0 Å². The van der Waals surface area contributed by atoms with Crippen molar-refractivity contribution in [2.45, 2.75) is 12.6 Å². The lowest BCUT2D eigenvalue weighted by Gasteiger charge is -2.47. The minimum atomic E-state index is 0. The molecule has 0 spiro atoms. The Morgan fingerprint density at radius 2 is 1.68 bits per heavy atom. The lowest BCUT2D eigenvalue weighted by Crippen LogP contribution is -2.63. The van der Waals surface area contributed by atoms with E-state index in [1.165, 1.54) is 26.2 Å². The molecule has 1 aromatic rings. The number of hydrogen-bond acceptors (Lipinski definition) is 6. The fourth-order valence-corrected chi connectivity index (χ4v) is 3.78. The van der Waals surface area contributed by atoms with Crippen LogP contribution in [0.4, 0.5) is 0 Å². The molecule has 1 unspecified atom stereocenters. The number of nitrogens with zero attached hydrogens (tertiary/aromatic N) is 3. The summed E-state index contributed by atoms with van der Waals surface area (Å²) in [5.74, 6) is 2.69. The molecular formula is C19H32IN5O3. The molecule has 8 nitrogen and oxygen atoms in total. The standard InChI is InChI=1S/C19H31N5O3.HI/c1-20-19(22-12-15-13-23-5-7-24(15)8-6-23)21-11-14-9-16(25-2)18(27-4)17(10-14)26-3;/h9-10,15H,5-8,11-13H2,1-4H3,(H2,20,21,22);1H. The van der Waals surface area contributed by atoms with Crippen molar-refractivity contribution in [3.8, 4) is 17.2 Å². The number of benzene rings is 1. The van der Waals surface area contributed by atoms with Crippen molar-refractivity contribution >= 4 is 29.9 Å². The number of aliphatic imine (C=N–C) groups is 1. The third kappa shape index (κ3) is 5.32. The summed E-state index contributed by atoms with van der Waals surface area (Å²) < 4.78 is 16.2. The van der Waals surface area contributed by atoms with E-state index in [0.29, 0.717) is 29.8 Å². The quantitative estimate of drug-likeness (QED) is 0.326. The lowest BCUT2D eigenvalue weighted by molar-refractivity contribution is 0.0154. The molecule has 4 rings (SSSR count). The number of methoxy groups -OCH3 is 3. The summed E-state index contributed by atoms with van der Waals surface area (Å²) in [6, 6.07) is 4.44. The van der Waals surface area contributed by atoms with Gasteiger partial charge in [0.15, 0.2) is 17.5 Å². The molecule has 3 fully saturated rings. The SMILES string of the molecule is CN=C(NCc1cc(OC)c(OC)c(OC)c1)NCC1CN2CCN1CC2.I. The fraction of sp³-hybridized carbons (Fsp3) is 0.632. The number of piperazine rings is 3. The maximum absolute atomic E-state index is 5.42. The van der Waals surface area contributed by atoms with Gasteiger partial charge in [-0.1, -0.05) is 0 Å². The molecule has 0 amide bonds. The summed E-state index contributed by atoms with van der Waals surface area (Å²) in [6.45, 7) is 7.38. The molecule has 3 saturated heterocycles. The number of halogens is 1. The topological polar surface area (TPSA) is 70.6 Å². The van der Waals surface area contributed by atoms with E-state index in [1.807, 2.05) is 12.1 Å². The van der Waals surface area contributed by atoms with E-state index < -0.39 is 0 Å². The summed E-state index contributed by atoms with van der Waals surface area (Å²) in [6.07, 6.45) is 0. The average Bonchev–Trinajstić information content (AvgIpc) is 2.73. The first-order chi connectivity index (χ1) is 13.2. The van der Waals surface area contributed by atoms with Gasteiger partial charge in [-0.25, -0.2) is 0 Å². The van der Waals surface area contributed by atoms with Crippen molar-refractivity contribution < 1.29 is 14.2 Å². The van der Waals surface area contributed by atoms with Gasteiger partial charge in [0.1, 0.15) is 0 Å². The smallest absolute Gasteiger partial charge is 0.203 e. The normalized spacial score (nSPS) is 23.6. The van der Waals surface area contributed by atoms with Crippen molar-refractivity contribution in [2.24, 2.45) is 4.99 Å². The van der Waals surface area contributed by atoms with Gasteiger partial charge >= 0.3 is 0 Å². The van der Waals surface area contributed by atoms with Gasteiger partial charge in [0, 0.05) is 58.9 Å². The Morgan fingerprint density at radius 3 is 2.14 bits per heavy atom. The van der Waals surface area contributed by atoms with Gasteiger partial charge in [-0.15, -0.1) is 24.0 Å². The monoisotopic (exact) mass is 505 g/mol. The fourth-order valence-electron chi connectivity index (χ4n) is 3.78. The summed E-state index contributed by atoms with van der Waals surface area (Å²) in [5.41, 5.74) is 1.03. The molecule has 9 heteroatoms. The van der Waals surface area contributed by atoms with Gasteiger partial charge in [-0.3, -0.25) is 14.8 Å². The molecule has 1 atom stereocenters. The lowest BCUT2D eigenvalue weighted by atomic mass is 10.1. The molecule has 0 aromatic heterocycles. The van der Waals surface area contributed by atoms with Gasteiger partial charge < -0.3 is 24.8 Å². The van der Waals surface area contributed by atoms with Gasteiger partial charge in [-0.05, 0) is 17.7 Å². The first kappa shape index (κ1) is 22.8. The number of ether oxygens (including phenoxy) is 3. The Bertz CT molecular complexity index is 640. The first-order valence-electron chi connectivity index (χ1n) is 9.38. The molecule has 2 bridgehead atoms. The Labute approximate surface area is 184 Å². The van der Waals surface area contributed by atoms with Gasteiger partial charge in [0.05, 0.1) is 21.3 Å². The molecule has 158 valence electrons. The molecule has 0 saturated carbocycles. The summed E-state index contributed by atoms with van der Waals surface area (Å²) in [4.78, 5) is 9.45. The third-order valence-electron chi connectivity index (χ3n) is 5.31. The highest BCUT2D eigenvalue weighted by atomic mass is 127. The second-order valence-corrected chi connectivity index (χ2v) is 6.83. The molecule has 3 aliphatic rings. The Hall–Kier alpha value is -1.46. The van der Waals surface area contributed by atoms with Gasteiger partial charge in [0.25, 0.3) is 0 Å². The van der Waals surface area contributed by atoms with Crippen molar-refractivity contribution in [3.63, 3.8) is 0 Å². The summed E-state index contributed by atoms with van der Waals surface area (Å²) in [5, 5.41) is 6.82. The van der Waals surface area contributed by atoms with E-state index in [2.05, 4.69) is 25.4 Å². The molecule has 3 aliphatic heterocycles. The Balaban J connectivity index is 0.00000280. The molecular weight excluding hydrogens is 473 g/mol. The van der Waals surface area contributed by atoms with Crippen molar-refractivity contribution in [2.75, 3.05) is 67.6 Å². The van der Waals surface area contributed by atoms with Crippen LogP contribution in [-0.2, 0) is 6.54 Å². The minimum absolute atomic E-state index is 0. The van der Waals surface area contributed by atoms with Crippen molar-refractivity contribution in [3.05, 3.63) is 17.7 Å². The highest BCUT2D eigenvalue weighted by Gasteiger charge is 2.31. The highest BCUT2D eigenvalue weighted by molar-refractivity contribution is 14.0. The molecule has 0 aliphatic carbocycles. The zero-order valence-corrected chi connectivity index (χ0v) is 19.5. The molecule has 3 heterocycles. The van der Waals surface area contributed by atoms with Crippen LogP contribution in [-0.4, -0.2) is 89.4 Å². The largest absolute Gasteiger partial charge is 0.493 e. The molecule has 0 radical (unpaired) electrons. The number of rotatable bonds is 7. The van der Waals surface area contributed by atoms with Crippen LogP contribution in [0.25, 0.3) is 0 Å². The predicted molar refractivity (Wildman–Crippen MR) is 122 cm³/mol. The van der Waals surface area contributed by atoms with E-state index in [0.717, 1.165) is 24.6 Å². The Morgan fingerprint density at radius 1 is 1.04 bits per heavy atom. The second kappa shape index (κ2) is 10.9. The van der Waals surface area contributed by atoms with E-state index in [-0.39, 0.29) is 24.0 Å². The number of hydrogen-bond donors (Lipinski definition) is 2. The molecule has 1 aromatic carbocycles. The minimum Gasteiger partial charge on any atom is -0.493 e. The number of fused-ring (bicyclic) bond motifs is 3. The van der Waals surface area contributed by atoms with Gasteiger partial charge in [0.2, 0.25) is 5.75 Å². The van der Waals surface area contributed by atoms with Crippen LogP contribution in [0.15, 0.2) is 17.1 Å². The zero-order valence-electron chi connectivity index (χ0n) is 17.2. The van der Waals surface area contributed by atoms with Crippen LogP contribution in [0.1, 0.15) is 5.56 Å². The van der Waals surface area contributed by atoms with Crippen LogP contribution in [0, 0.1) is 0 Å². The van der Waals surface area contributed by atoms with Crippen LogP contribution in [0.2, 0.25) is 0 Å². The highest BCUT2D eigenvalue weighted by Crippen LogP contribution is 2.38. The third-order valence-corrected chi connectivity index (χ3v) is 5.31. The zero-order chi connectivity index (χ0) is 19.2. The maximum Gasteiger partial charge on any atom is 0.203 e. The summed E-state index contributed by atoms with van der Waals surface area (Å²) in [7, 11) is 6.65. The molecule has 28 heavy (non-hydrogen) atoms. The summed E-state index contributed by atoms with van der Waals surface area (Å²) >= 11 is 0. The van der Waals surface area contributed by atoms with Crippen molar-refractivity contribution in [1.82, 2.24) is 20.4 Å². The number of guanidine groups is 1. The van der Waals surface area contributed by atoms with E-state index in [1.54, 1.807) is 28.4 Å². The van der Waals surface area contributed by atoms with Crippen molar-refractivity contribution in [1.29, 1.82) is 0 Å². The second-order valence-electron chi connectivity index (χ2n) is 6.83. The van der Waals surface area contributed by atoms with E-state index in [9.17, 15) is 0 Å². The van der Waals surface area contributed by atoms with E-state index >= 15 is 0 Å². The number of nitrogens with one attached hydrogen (secondary N) is 2. The van der Waals surface area contributed by atoms with Crippen LogP contribution in [0.5, 0.6) is 17.2 Å². The Kier molecular flexibility index (Phi) is 8.90. The van der Waals surface area contributed by atoms with Crippen LogP contribution < -0.4 is 24.8 Å². The molecule has 2 N–H and O–H groups in total. The van der Waals surface area contributed by atoms with E-state index in [4.69, 9.17) is 14.2 Å². The average molecular weight is 505 g/mol. The van der Waals surface area contributed by atoms with Crippen LogP contribution in [0.3, 0.4) is 0 Å².